The van der Waals surface area contributed by atoms with Gasteiger partial charge in [0.1, 0.15) is 11.3 Å². The Labute approximate surface area is 184 Å². The van der Waals surface area contributed by atoms with Gasteiger partial charge in [-0.25, -0.2) is 9.37 Å². The van der Waals surface area contributed by atoms with Crippen molar-refractivity contribution >= 4 is 11.8 Å². The zero-order chi connectivity index (χ0) is 23.8. The highest BCUT2D eigenvalue weighted by molar-refractivity contribution is 6.00. The van der Waals surface area contributed by atoms with Gasteiger partial charge in [-0.2, -0.15) is 13.2 Å². The summed E-state index contributed by atoms with van der Waals surface area (Å²) in [6, 6.07) is 7.61. The van der Waals surface area contributed by atoms with Gasteiger partial charge in [0.2, 0.25) is 5.88 Å². The van der Waals surface area contributed by atoms with Crippen molar-refractivity contribution in [3.8, 4) is 11.6 Å². The lowest BCUT2D eigenvalue weighted by atomic mass is 10.1. The third-order valence-corrected chi connectivity index (χ3v) is 4.92. The Morgan fingerprint density at radius 2 is 1.88 bits per heavy atom. The van der Waals surface area contributed by atoms with Crippen molar-refractivity contribution in [3.05, 3.63) is 82.6 Å². The van der Waals surface area contributed by atoms with Gasteiger partial charge in [-0.3, -0.25) is 14.6 Å². The van der Waals surface area contributed by atoms with E-state index in [1.807, 2.05) is 0 Å². The van der Waals surface area contributed by atoms with E-state index in [4.69, 9.17) is 10.5 Å². The molecule has 0 spiro atoms. The first-order valence-corrected chi connectivity index (χ1v) is 9.65. The Bertz CT molecular complexity index is 1230. The summed E-state index contributed by atoms with van der Waals surface area (Å²) in [5.41, 5.74) is 6.40. The maximum absolute atomic E-state index is 14.4. The van der Waals surface area contributed by atoms with E-state index >= 15 is 0 Å². The molecule has 0 unspecified atom stereocenters. The smallest absolute Gasteiger partial charge is 0.393 e. The summed E-state index contributed by atoms with van der Waals surface area (Å²) in [6.45, 7) is 0.414. The first-order valence-electron chi connectivity index (χ1n) is 9.65. The number of nitrogens with two attached hydrogens (primary N) is 1. The second-order valence-corrected chi connectivity index (χ2v) is 7.39. The summed E-state index contributed by atoms with van der Waals surface area (Å²) in [5.74, 6) is -2.58. The number of fused-ring (bicyclic) bond motifs is 1. The number of rotatable bonds is 6. The molecule has 2 aromatic heterocycles. The molecule has 11 heteroatoms. The van der Waals surface area contributed by atoms with Crippen LogP contribution in [-0.2, 0) is 19.5 Å². The van der Waals surface area contributed by atoms with Gasteiger partial charge in [-0.1, -0.05) is 12.1 Å². The highest BCUT2D eigenvalue weighted by Crippen LogP contribution is 2.34. The maximum atomic E-state index is 14.4. The number of halogens is 4. The number of primary amides is 1. The highest BCUT2D eigenvalue weighted by Gasteiger charge is 2.32. The minimum absolute atomic E-state index is 0.0953. The van der Waals surface area contributed by atoms with Crippen LogP contribution in [0.5, 0.6) is 11.6 Å². The van der Waals surface area contributed by atoms with Crippen LogP contribution in [0.15, 0.2) is 48.8 Å². The summed E-state index contributed by atoms with van der Waals surface area (Å²) in [6.07, 6.45) is -2.91. The van der Waals surface area contributed by atoms with Gasteiger partial charge in [-0.05, 0) is 41.0 Å². The summed E-state index contributed by atoms with van der Waals surface area (Å²) in [5, 5.41) is 0. The van der Waals surface area contributed by atoms with Crippen LogP contribution in [0.3, 0.4) is 0 Å². The predicted molar refractivity (Wildman–Crippen MR) is 107 cm³/mol. The fraction of sp³-hybridized carbons (Fsp3) is 0.182. The van der Waals surface area contributed by atoms with E-state index in [1.165, 1.54) is 23.4 Å². The molecule has 1 aliphatic heterocycles. The number of hydrogen-bond donors (Lipinski definition) is 1. The number of pyridine rings is 2. The van der Waals surface area contributed by atoms with Gasteiger partial charge in [0, 0.05) is 25.5 Å². The lowest BCUT2D eigenvalue weighted by Crippen LogP contribution is -2.23. The van der Waals surface area contributed by atoms with Crippen molar-refractivity contribution in [1.29, 1.82) is 0 Å². The van der Waals surface area contributed by atoms with E-state index in [0.717, 1.165) is 18.2 Å². The number of alkyl halides is 3. The van der Waals surface area contributed by atoms with Crippen LogP contribution in [0.4, 0.5) is 17.6 Å². The first kappa shape index (κ1) is 22.2. The standard InChI is InChI=1S/C22H16F4N4O3/c23-15-7-12(8-22(24,25)26)2-4-17(15)33-20-18-14(5-6-28-20)11-30(21(18)32)10-13-1-3-16(19(27)31)29-9-13/h1-7,9H,8,10-11H2,(H2,27,31). The molecule has 3 heterocycles. The van der Waals surface area contributed by atoms with Crippen LogP contribution in [-0.4, -0.2) is 32.9 Å². The quantitative estimate of drug-likeness (QED) is 0.565. The zero-order valence-corrected chi connectivity index (χ0v) is 16.9. The molecule has 7 nitrogen and oxygen atoms in total. The van der Waals surface area contributed by atoms with Gasteiger partial charge in [-0.15, -0.1) is 0 Å². The van der Waals surface area contributed by atoms with Gasteiger partial charge >= 0.3 is 6.18 Å². The molecule has 0 radical (unpaired) electrons. The lowest BCUT2D eigenvalue weighted by Gasteiger charge is -2.15. The van der Waals surface area contributed by atoms with E-state index in [2.05, 4.69) is 9.97 Å². The molecule has 0 saturated carbocycles. The summed E-state index contributed by atoms with van der Waals surface area (Å²) >= 11 is 0. The molecule has 0 fully saturated rings. The number of hydrogen-bond acceptors (Lipinski definition) is 5. The number of carbonyl (C=O) groups excluding carboxylic acids is 2. The number of carbonyl (C=O) groups is 2. The van der Waals surface area contributed by atoms with Gasteiger partial charge in [0.25, 0.3) is 11.8 Å². The maximum Gasteiger partial charge on any atom is 0.393 e. The number of ether oxygens (including phenoxy) is 1. The first-order chi connectivity index (χ1) is 15.6. The van der Waals surface area contributed by atoms with Crippen molar-refractivity contribution in [1.82, 2.24) is 14.9 Å². The highest BCUT2D eigenvalue weighted by atomic mass is 19.4. The minimum atomic E-state index is -4.47. The third kappa shape index (κ3) is 4.92. The van der Waals surface area contributed by atoms with Crippen molar-refractivity contribution in [3.63, 3.8) is 0 Å². The summed E-state index contributed by atoms with van der Waals surface area (Å²) < 4.78 is 57.4. The number of benzene rings is 1. The third-order valence-electron chi connectivity index (χ3n) is 4.92. The molecular formula is C22H16F4N4O3. The number of aromatic nitrogens is 2. The van der Waals surface area contributed by atoms with E-state index in [9.17, 15) is 27.2 Å². The summed E-state index contributed by atoms with van der Waals surface area (Å²) in [7, 11) is 0. The van der Waals surface area contributed by atoms with Gasteiger partial charge in [0.05, 0.1) is 6.42 Å². The molecule has 3 aromatic rings. The molecule has 2 amide bonds. The van der Waals surface area contributed by atoms with Crippen molar-refractivity contribution in [2.24, 2.45) is 5.73 Å². The predicted octanol–water partition coefficient (Wildman–Crippen LogP) is 3.77. The van der Waals surface area contributed by atoms with Crippen LogP contribution in [0.2, 0.25) is 0 Å². The Morgan fingerprint density at radius 1 is 1.12 bits per heavy atom. The Morgan fingerprint density at radius 3 is 2.52 bits per heavy atom. The zero-order valence-electron chi connectivity index (χ0n) is 16.9. The van der Waals surface area contributed by atoms with E-state index < -0.39 is 30.2 Å². The monoisotopic (exact) mass is 460 g/mol. The van der Waals surface area contributed by atoms with Crippen LogP contribution in [0.25, 0.3) is 0 Å². The molecule has 33 heavy (non-hydrogen) atoms. The van der Waals surface area contributed by atoms with E-state index in [-0.39, 0.29) is 41.5 Å². The topological polar surface area (TPSA) is 98.4 Å². The lowest BCUT2D eigenvalue weighted by molar-refractivity contribution is -0.127. The average molecular weight is 460 g/mol. The number of amides is 2. The Balaban J connectivity index is 1.53. The molecule has 2 N–H and O–H groups in total. The second-order valence-electron chi connectivity index (χ2n) is 7.39. The summed E-state index contributed by atoms with van der Waals surface area (Å²) in [4.78, 5) is 33.6. The second kappa shape index (κ2) is 8.49. The van der Waals surface area contributed by atoms with Crippen LogP contribution >= 0.6 is 0 Å². The van der Waals surface area contributed by atoms with E-state index in [0.29, 0.717) is 11.1 Å². The molecule has 4 rings (SSSR count). The fourth-order valence-corrected chi connectivity index (χ4v) is 3.44. The molecular weight excluding hydrogens is 444 g/mol. The van der Waals surface area contributed by atoms with E-state index in [1.54, 1.807) is 12.1 Å². The minimum Gasteiger partial charge on any atom is -0.435 e. The normalized spacial score (nSPS) is 13.2. The molecule has 0 saturated heterocycles. The number of nitrogens with zero attached hydrogens (tertiary/aromatic N) is 3. The van der Waals surface area contributed by atoms with Gasteiger partial charge in [0.15, 0.2) is 11.6 Å². The van der Waals surface area contributed by atoms with Crippen LogP contribution < -0.4 is 10.5 Å². The average Bonchev–Trinajstić information content (AvgIpc) is 3.05. The molecule has 170 valence electrons. The fourth-order valence-electron chi connectivity index (χ4n) is 3.44. The van der Waals surface area contributed by atoms with Crippen molar-refractivity contribution in [2.75, 3.05) is 0 Å². The molecule has 1 aromatic carbocycles. The van der Waals surface area contributed by atoms with Crippen LogP contribution in [0.1, 0.15) is 37.5 Å². The molecule has 0 bridgehead atoms. The SMILES string of the molecule is NC(=O)c1ccc(CN2Cc3ccnc(Oc4ccc(CC(F)(F)F)cc4F)c3C2=O)cn1. The molecule has 0 atom stereocenters. The molecule has 1 aliphatic rings. The van der Waals surface area contributed by atoms with Gasteiger partial charge < -0.3 is 15.4 Å². The molecule has 0 aliphatic carbocycles. The van der Waals surface area contributed by atoms with Crippen LogP contribution in [0, 0.1) is 5.82 Å². The van der Waals surface area contributed by atoms with Crippen molar-refractivity contribution < 1.29 is 31.9 Å². The Hall–Kier alpha value is -4.02. The van der Waals surface area contributed by atoms with Crippen molar-refractivity contribution in [2.45, 2.75) is 25.7 Å². The largest absolute Gasteiger partial charge is 0.435 e. The Kier molecular flexibility index (Phi) is 5.71.